The molecule has 0 aromatic heterocycles. The van der Waals surface area contributed by atoms with Gasteiger partial charge in [-0.15, -0.1) is 0 Å². The van der Waals surface area contributed by atoms with Crippen LogP contribution in [0.25, 0.3) is 0 Å². The number of aliphatic hydroxyl groups excluding tert-OH is 1. The van der Waals surface area contributed by atoms with Crippen LogP contribution in [0, 0.1) is 0 Å². The minimum Gasteiger partial charge on any atom is -0.457 e. The average Bonchev–Trinajstić information content (AvgIpc) is 3.05. The summed E-state index contributed by atoms with van der Waals surface area (Å²) in [6, 6.07) is 0. The van der Waals surface area contributed by atoms with Crippen LogP contribution >= 0.6 is 0 Å². The molecule has 0 aromatic rings. The van der Waals surface area contributed by atoms with Crippen molar-refractivity contribution in [2.75, 3.05) is 19.8 Å². The molecule has 264 valence electrons. The lowest BCUT2D eigenvalue weighted by Gasteiger charge is -2.15. The number of carbonyl (C=O) groups is 1. The highest BCUT2D eigenvalue weighted by atomic mass is 16.6. The van der Waals surface area contributed by atoms with E-state index in [1.54, 1.807) is 0 Å². The van der Waals surface area contributed by atoms with Crippen LogP contribution in [-0.2, 0) is 14.3 Å². The molecular weight excluding hydrogens is 556 g/mol. The predicted octanol–water partition coefficient (Wildman–Crippen LogP) is 12.5. The lowest BCUT2D eigenvalue weighted by Crippen LogP contribution is -2.27. The first-order valence-electron chi connectivity index (χ1n) is 19.6. The van der Waals surface area contributed by atoms with E-state index in [4.69, 9.17) is 9.47 Å². The first-order valence-corrected chi connectivity index (χ1v) is 19.6. The molecule has 0 aliphatic rings. The molecule has 0 aliphatic carbocycles. The van der Waals surface area contributed by atoms with E-state index in [1.165, 1.54) is 148 Å². The fourth-order valence-corrected chi connectivity index (χ4v) is 5.47. The molecule has 0 spiro atoms. The van der Waals surface area contributed by atoms with E-state index in [2.05, 4.69) is 50.3 Å². The second kappa shape index (κ2) is 38.8. The van der Waals surface area contributed by atoms with Gasteiger partial charge in [0.1, 0.15) is 6.10 Å². The van der Waals surface area contributed by atoms with Crippen molar-refractivity contribution in [1.29, 1.82) is 0 Å². The molecule has 0 aliphatic heterocycles. The zero-order chi connectivity index (χ0) is 32.7. The molecule has 4 heteroatoms. The molecule has 0 radical (unpaired) electrons. The summed E-state index contributed by atoms with van der Waals surface area (Å²) in [6.45, 7) is 5.30. The molecule has 1 atom stereocenters. The number of hydrogen-bond acceptors (Lipinski definition) is 4. The Morgan fingerprint density at radius 3 is 1.44 bits per heavy atom. The minimum absolute atomic E-state index is 0.177. The summed E-state index contributed by atoms with van der Waals surface area (Å²) < 4.78 is 11.1. The maximum atomic E-state index is 12.2. The molecule has 0 aromatic carbocycles. The van der Waals surface area contributed by atoms with Crippen molar-refractivity contribution in [2.24, 2.45) is 0 Å². The molecule has 0 amide bonds. The van der Waals surface area contributed by atoms with Crippen LogP contribution in [0.1, 0.15) is 194 Å². The van der Waals surface area contributed by atoms with Crippen LogP contribution in [-0.4, -0.2) is 37.0 Å². The van der Waals surface area contributed by atoms with Gasteiger partial charge in [-0.25, -0.2) is 0 Å². The Balaban J connectivity index is 3.45. The van der Waals surface area contributed by atoms with Crippen LogP contribution in [0.3, 0.4) is 0 Å². The van der Waals surface area contributed by atoms with Gasteiger partial charge in [0.15, 0.2) is 0 Å². The number of rotatable bonds is 36. The van der Waals surface area contributed by atoms with E-state index < -0.39 is 6.10 Å². The van der Waals surface area contributed by atoms with E-state index in [1.807, 2.05) is 0 Å². The highest BCUT2D eigenvalue weighted by Gasteiger charge is 2.13. The number of hydrogen-bond donors (Lipinski definition) is 1. The number of allylic oxidation sites excluding steroid dienone is 6. The topological polar surface area (TPSA) is 55.8 Å². The van der Waals surface area contributed by atoms with Gasteiger partial charge in [0.2, 0.25) is 0 Å². The standard InChI is InChI=1S/C41H76O4/c1-3-5-7-9-11-13-15-17-19-20-21-23-25-27-29-31-33-35-37-44-39-40(38-42)45-41(43)36-34-32-30-28-26-24-22-18-16-14-12-10-8-6-4-2/h11,13,17-19,22,40,42H,3-10,12,14-16,20-21,23-39H2,1-2H3/b13-11-,19-17-,22-18-. The van der Waals surface area contributed by atoms with E-state index in [-0.39, 0.29) is 19.2 Å². The molecule has 0 saturated heterocycles. The van der Waals surface area contributed by atoms with Gasteiger partial charge in [0, 0.05) is 13.0 Å². The lowest BCUT2D eigenvalue weighted by atomic mass is 10.1. The Hall–Kier alpha value is -1.39. The van der Waals surface area contributed by atoms with Gasteiger partial charge in [-0.1, -0.05) is 153 Å². The smallest absolute Gasteiger partial charge is 0.306 e. The summed E-state index contributed by atoms with van der Waals surface area (Å²) in [6.07, 6.45) is 47.6. The number of carbonyl (C=O) groups excluding carboxylic acids is 1. The Morgan fingerprint density at radius 1 is 0.533 bits per heavy atom. The Morgan fingerprint density at radius 2 is 0.933 bits per heavy atom. The van der Waals surface area contributed by atoms with Crippen molar-refractivity contribution in [1.82, 2.24) is 0 Å². The van der Waals surface area contributed by atoms with E-state index in [0.29, 0.717) is 13.0 Å². The van der Waals surface area contributed by atoms with Crippen LogP contribution in [0.2, 0.25) is 0 Å². The SMILES string of the molecule is CCCCC/C=C\C/C=C\CCCCCCCCCCOCC(CO)OC(=O)CCCCCCC/C=C\CCCCCCCC. The lowest BCUT2D eigenvalue weighted by molar-refractivity contribution is -0.154. The quantitative estimate of drug-likeness (QED) is 0.0424. The summed E-state index contributed by atoms with van der Waals surface area (Å²) in [5.41, 5.74) is 0. The second-order valence-corrected chi connectivity index (χ2v) is 13.0. The molecule has 0 saturated carbocycles. The van der Waals surface area contributed by atoms with Crippen molar-refractivity contribution in [2.45, 2.75) is 200 Å². The minimum atomic E-state index is -0.539. The van der Waals surface area contributed by atoms with Gasteiger partial charge in [0.05, 0.1) is 13.2 Å². The van der Waals surface area contributed by atoms with Crippen molar-refractivity contribution < 1.29 is 19.4 Å². The maximum Gasteiger partial charge on any atom is 0.306 e. The van der Waals surface area contributed by atoms with Gasteiger partial charge < -0.3 is 14.6 Å². The average molecular weight is 633 g/mol. The van der Waals surface area contributed by atoms with Crippen molar-refractivity contribution >= 4 is 5.97 Å². The third-order valence-corrected chi connectivity index (χ3v) is 8.44. The Bertz CT molecular complexity index is 668. The maximum absolute atomic E-state index is 12.2. The van der Waals surface area contributed by atoms with Crippen LogP contribution in [0.4, 0.5) is 0 Å². The zero-order valence-corrected chi connectivity index (χ0v) is 30.1. The summed E-state index contributed by atoms with van der Waals surface area (Å²) in [5.74, 6) is -0.211. The largest absolute Gasteiger partial charge is 0.457 e. The van der Waals surface area contributed by atoms with Crippen molar-refractivity contribution in [3.8, 4) is 0 Å². The highest BCUT2D eigenvalue weighted by Crippen LogP contribution is 2.12. The van der Waals surface area contributed by atoms with Crippen LogP contribution in [0.5, 0.6) is 0 Å². The Kier molecular flexibility index (Phi) is 37.6. The molecule has 0 fully saturated rings. The molecule has 45 heavy (non-hydrogen) atoms. The third-order valence-electron chi connectivity index (χ3n) is 8.44. The fourth-order valence-electron chi connectivity index (χ4n) is 5.47. The number of unbranched alkanes of at least 4 members (excludes halogenated alkanes) is 22. The third kappa shape index (κ3) is 36.9. The molecule has 4 nitrogen and oxygen atoms in total. The van der Waals surface area contributed by atoms with Gasteiger partial charge in [-0.3, -0.25) is 4.79 Å². The first-order chi connectivity index (χ1) is 22.2. The molecule has 1 N–H and O–H groups in total. The summed E-state index contributed by atoms with van der Waals surface area (Å²) in [4.78, 5) is 12.2. The van der Waals surface area contributed by atoms with Crippen molar-refractivity contribution in [3.63, 3.8) is 0 Å². The summed E-state index contributed by atoms with van der Waals surface area (Å²) >= 11 is 0. The normalized spacial score (nSPS) is 12.7. The number of esters is 1. The van der Waals surface area contributed by atoms with Gasteiger partial charge in [0.25, 0.3) is 0 Å². The van der Waals surface area contributed by atoms with E-state index in [9.17, 15) is 9.90 Å². The number of ether oxygens (including phenoxy) is 2. The van der Waals surface area contributed by atoms with Gasteiger partial charge in [-0.2, -0.15) is 0 Å². The highest BCUT2D eigenvalue weighted by molar-refractivity contribution is 5.69. The van der Waals surface area contributed by atoms with E-state index in [0.717, 1.165) is 25.7 Å². The van der Waals surface area contributed by atoms with E-state index >= 15 is 0 Å². The predicted molar refractivity (Wildman–Crippen MR) is 196 cm³/mol. The first kappa shape index (κ1) is 43.6. The summed E-state index contributed by atoms with van der Waals surface area (Å²) in [7, 11) is 0. The molecule has 0 heterocycles. The molecular formula is C41H76O4. The van der Waals surface area contributed by atoms with Gasteiger partial charge in [-0.05, 0) is 70.6 Å². The molecule has 1 unspecified atom stereocenters. The number of aliphatic hydroxyl groups is 1. The Labute approximate surface area is 280 Å². The van der Waals surface area contributed by atoms with Crippen molar-refractivity contribution in [3.05, 3.63) is 36.5 Å². The van der Waals surface area contributed by atoms with Crippen LogP contribution < -0.4 is 0 Å². The zero-order valence-electron chi connectivity index (χ0n) is 30.1. The second-order valence-electron chi connectivity index (χ2n) is 13.0. The van der Waals surface area contributed by atoms with Crippen LogP contribution in [0.15, 0.2) is 36.5 Å². The van der Waals surface area contributed by atoms with Gasteiger partial charge >= 0.3 is 5.97 Å². The molecule has 0 rings (SSSR count). The summed E-state index contributed by atoms with van der Waals surface area (Å²) in [5, 5.41) is 9.57. The monoisotopic (exact) mass is 633 g/mol. The molecule has 0 bridgehead atoms. The fraction of sp³-hybridized carbons (Fsp3) is 0.829.